The molecule has 0 aromatic heterocycles. The number of nitrogens with one attached hydrogen (secondary N) is 1. The lowest BCUT2D eigenvalue weighted by atomic mass is 10.0. The van der Waals surface area contributed by atoms with Gasteiger partial charge in [0, 0.05) is 17.8 Å². The van der Waals surface area contributed by atoms with Gasteiger partial charge in [0.2, 0.25) is 0 Å². The van der Waals surface area contributed by atoms with E-state index in [0.29, 0.717) is 28.3 Å². The molecular weight excluding hydrogens is 410 g/mol. The Hall–Kier alpha value is -4.64. The second kappa shape index (κ2) is 10.4. The van der Waals surface area contributed by atoms with E-state index in [1.54, 1.807) is 42.5 Å². The molecule has 0 spiro atoms. The minimum atomic E-state index is -0.512. The van der Waals surface area contributed by atoms with Gasteiger partial charge in [0.25, 0.3) is 11.6 Å². The van der Waals surface area contributed by atoms with E-state index in [2.05, 4.69) is 11.4 Å². The van der Waals surface area contributed by atoms with E-state index in [1.807, 2.05) is 18.2 Å². The maximum atomic E-state index is 12.1. The van der Waals surface area contributed by atoms with E-state index in [4.69, 9.17) is 9.47 Å². The van der Waals surface area contributed by atoms with Gasteiger partial charge in [-0.15, -0.1) is 0 Å². The van der Waals surface area contributed by atoms with E-state index in [-0.39, 0.29) is 23.8 Å². The molecule has 0 radical (unpaired) electrons. The van der Waals surface area contributed by atoms with Crippen molar-refractivity contribution in [3.63, 3.8) is 0 Å². The maximum Gasteiger partial charge on any atom is 0.270 e. The van der Waals surface area contributed by atoms with Crippen molar-refractivity contribution < 1.29 is 19.2 Å². The third-order valence-electron chi connectivity index (χ3n) is 4.40. The van der Waals surface area contributed by atoms with E-state index < -0.39 is 4.92 Å². The summed E-state index contributed by atoms with van der Waals surface area (Å²) in [7, 11) is 1.46. The molecule has 0 saturated heterocycles. The number of nitro benzene ring substituents is 1. The number of methoxy groups -OCH3 is 1. The van der Waals surface area contributed by atoms with Crippen LogP contribution in [0.4, 0.5) is 11.4 Å². The third kappa shape index (κ3) is 5.70. The Morgan fingerprint density at radius 2 is 1.88 bits per heavy atom. The fourth-order valence-corrected chi connectivity index (χ4v) is 2.89. The molecule has 0 atom stereocenters. The molecule has 1 amide bonds. The summed E-state index contributed by atoms with van der Waals surface area (Å²) in [5.41, 5.74) is 1.88. The van der Waals surface area contributed by atoms with Crippen LogP contribution in [-0.4, -0.2) is 24.5 Å². The second-order valence-corrected chi connectivity index (χ2v) is 6.59. The number of nitro groups is 1. The first-order valence-corrected chi connectivity index (χ1v) is 9.52. The molecule has 3 aromatic carbocycles. The lowest BCUT2D eigenvalue weighted by Gasteiger charge is -2.12. The van der Waals surface area contributed by atoms with Crippen molar-refractivity contribution in [1.82, 2.24) is 0 Å². The summed E-state index contributed by atoms with van der Waals surface area (Å²) in [5.74, 6) is 0.420. The Labute approximate surface area is 184 Å². The highest BCUT2D eigenvalue weighted by atomic mass is 16.6. The van der Waals surface area contributed by atoms with Crippen LogP contribution < -0.4 is 14.8 Å². The zero-order valence-corrected chi connectivity index (χ0v) is 17.1. The molecule has 32 heavy (non-hydrogen) atoms. The topological polar surface area (TPSA) is 114 Å². The second-order valence-electron chi connectivity index (χ2n) is 6.59. The summed E-state index contributed by atoms with van der Waals surface area (Å²) >= 11 is 0. The van der Waals surface area contributed by atoms with Crippen LogP contribution in [0.25, 0.3) is 11.6 Å². The molecule has 0 aliphatic heterocycles. The van der Waals surface area contributed by atoms with Gasteiger partial charge in [-0.1, -0.05) is 36.4 Å². The Balaban J connectivity index is 1.75. The number of ether oxygens (including phenoxy) is 2. The number of anilines is 1. The first kappa shape index (κ1) is 22.1. The number of rotatable bonds is 8. The largest absolute Gasteiger partial charge is 0.493 e. The molecule has 0 aliphatic carbocycles. The number of nitriles is 1. The number of para-hydroxylation sites is 1. The average molecular weight is 429 g/mol. The molecule has 1 N–H and O–H groups in total. The van der Waals surface area contributed by atoms with Crippen LogP contribution >= 0.6 is 0 Å². The van der Waals surface area contributed by atoms with E-state index in [0.717, 1.165) is 0 Å². The molecular formula is C24H19N3O5. The van der Waals surface area contributed by atoms with Gasteiger partial charge in [-0.05, 0) is 41.5 Å². The number of carbonyl (C=O) groups is 1. The molecule has 0 fully saturated rings. The number of nitrogens with zero attached hydrogens (tertiary/aromatic N) is 2. The van der Waals surface area contributed by atoms with Crippen LogP contribution in [-0.2, 0) is 4.79 Å². The summed E-state index contributed by atoms with van der Waals surface area (Å²) in [4.78, 5) is 22.6. The van der Waals surface area contributed by atoms with Gasteiger partial charge in [-0.3, -0.25) is 14.9 Å². The van der Waals surface area contributed by atoms with Crippen LogP contribution in [0.1, 0.15) is 11.1 Å². The molecule has 0 bridgehead atoms. The minimum absolute atomic E-state index is 0.0984. The minimum Gasteiger partial charge on any atom is -0.493 e. The summed E-state index contributed by atoms with van der Waals surface area (Å²) in [6.45, 7) is -0.211. The predicted molar refractivity (Wildman–Crippen MR) is 120 cm³/mol. The Kier molecular flexibility index (Phi) is 7.17. The van der Waals surface area contributed by atoms with Gasteiger partial charge in [0.15, 0.2) is 18.1 Å². The summed E-state index contributed by atoms with van der Waals surface area (Å²) in [5, 5.41) is 23.3. The van der Waals surface area contributed by atoms with E-state index >= 15 is 0 Å². The fraction of sp³-hybridized carbons (Fsp3) is 0.0833. The van der Waals surface area contributed by atoms with Gasteiger partial charge in [-0.2, -0.15) is 5.26 Å². The monoisotopic (exact) mass is 429 g/mol. The van der Waals surface area contributed by atoms with E-state index in [9.17, 15) is 20.2 Å². The summed E-state index contributed by atoms with van der Waals surface area (Å²) in [6.07, 6.45) is 1.59. The van der Waals surface area contributed by atoms with Crippen molar-refractivity contribution in [2.75, 3.05) is 19.0 Å². The van der Waals surface area contributed by atoms with Gasteiger partial charge in [0.1, 0.15) is 0 Å². The van der Waals surface area contributed by atoms with E-state index in [1.165, 1.54) is 25.3 Å². The summed E-state index contributed by atoms with van der Waals surface area (Å²) in [6, 6.07) is 21.9. The molecule has 0 heterocycles. The lowest BCUT2D eigenvalue weighted by molar-refractivity contribution is -0.384. The molecule has 0 saturated carbocycles. The number of hydrogen-bond donors (Lipinski definition) is 1. The maximum absolute atomic E-state index is 12.1. The predicted octanol–water partition coefficient (Wildman–Crippen LogP) is 4.69. The number of carbonyl (C=O) groups excluding carboxylic acids is 1. The van der Waals surface area contributed by atoms with Gasteiger partial charge >= 0.3 is 0 Å². The van der Waals surface area contributed by atoms with Crippen molar-refractivity contribution in [3.8, 4) is 17.6 Å². The third-order valence-corrected chi connectivity index (χ3v) is 4.40. The van der Waals surface area contributed by atoms with Crippen molar-refractivity contribution >= 4 is 28.9 Å². The molecule has 160 valence electrons. The number of hydrogen-bond acceptors (Lipinski definition) is 6. The normalized spacial score (nSPS) is 10.7. The van der Waals surface area contributed by atoms with Crippen LogP contribution in [0.2, 0.25) is 0 Å². The number of allylic oxidation sites excluding steroid dienone is 1. The molecule has 0 aliphatic rings. The highest BCUT2D eigenvalue weighted by Gasteiger charge is 2.11. The van der Waals surface area contributed by atoms with Crippen molar-refractivity contribution in [3.05, 3.63) is 94.0 Å². The first-order valence-electron chi connectivity index (χ1n) is 9.52. The quantitative estimate of drug-likeness (QED) is 0.241. The molecule has 8 heteroatoms. The molecule has 8 nitrogen and oxygen atoms in total. The lowest BCUT2D eigenvalue weighted by Crippen LogP contribution is -2.20. The number of non-ortho nitro benzene ring substituents is 1. The molecule has 0 unspecified atom stereocenters. The average Bonchev–Trinajstić information content (AvgIpc) is 2.82. The van der Waals surface area contributed by atoms with Gasteiger partial charge < -0.3 is 14.8 Å². The Morgan fingerprint density at radius 1 is 1.09 bits per heavy atom. The van der Waals surface area contributed by atoms with Crippen molar-refractivity contribution in [2.24, 2.45) is 0 Å². The standard InChI is InChI=1S/C24H19N3O5/c1-31-23-13-17(12-19(15-25)18-6-5-9-21(14-18)27(29)30)10-11-22(23)32-16-24(28)26-20-7-3-2-4-8-20/h2-14H,16H2,1H3,(H,26,28)/b19-12-. The first-order chi connectivity index (χ1) is 15.5. The van der Waals surface area contributed by atoms with Crippen molar-refractivity contribution in [1.29, 1.82) is 5.26 Å². The Bertz CT molecular complexity index is 1200. The zero-order valence-electron chi connectivity index (χ0n) is 17.1. The highest BCUT2D eigenvalue weighted by molar-refractivity contribution is 5.92. The van der Waals surface area contributed by atoms with Crippen LogP contribution in [0.5, 0.6) is 11.5 Å². The molecule has 3 aromatic rings. The zero-order chi connectivity index (χ0) is 22.9. The summed E-state index contributed by atoms with van der Waals surface area (Å²) < 4.78 is 10.9. The number of amides is 1. The van der Waals surface area contributed by atoms with Crippen molar-refractivity contribution in [2.45, 2.75) is 0 Å². The van der Waals surface area contributed by atoms with Crippen LogP contribution in [0, 0.1) is 21.4 Å². The molecule has 3 rings (SSSR count). The smallest absolute Gasteiger partial charge is 0.270 e. The van der Waals surface area contributed by atoms with Crippen LogP contribution in [0.3, 0.4) is 0 Å². The highest BCUT2D eigenvalue weighted by Crippen LogP contribution is 2.30. The van der Waals surface area contributed by atoms with Gasteiger partial charge in [0.05, 0.1) is 23.7 Å². The fourth-order valence-electron chi connectivity index (χ4n) is 2.89. The number of benzene rings is 3. The van der Waals surface area contributed by atoms with Gasteiger partial charge in [-0.25, -0.2) is 0 Å². The Morgan fingerprint density at radius 3 is 2.56 bits per heavy atom. The van der Waals surface area contributed by atoms with Crippen LogP contribution in [0.15, 0.2) is 72.8 Å². The SMILES string of the molecule is COc1cc(/C=C(/C#N)c2cccc([N+](=O)[O-])c2)ccc1OCC(=O)Nc1ccccc1.